The number of hydrogen-bond acceptors (Lipinski definition) is 1. The van der Waals surface area contributed by atoms with Crippen molar-refractivity contribution in [3.05, 3.63) is 24.3 Å². The van der Waals surface area contributed by atoms with Crippen LogP contribution in [-0.4, -0.2) is 5.91 Å². The van der Waals surface area contributed by atoms with Crippen molar-refractivity contribution in [3.63, 3.8) is 0 Å². The van der Waals surface area contributed by atoms with Gasteiger partial charge in [0, 0.05) is 6.42 Å². The minimum Gasteiger partial charge on any atom is -0.370 e. The third-order valence-corrected chi connectivity index (χ3v) is 3.90. The smallest absolute Gasteiger partial charge is 0.217 e. The van der Waals surface area contributed by atoms with Crippen molar-refractivity contribution in [1.29, 1.82) is 0 Å². The van der Waals surface area contributed by atoms with Crippen LogP contribution >= 0.6 is 0 Å². The topological polar surface area (TPSA) is 43.1 Å². The van der Waals surface area contributed by atoms with E-state index in [0.717, 1.165) is 12.8 Å². The van der Waals surface area contributed by atoms with E-state index in [0.29, 0.717) is 6.42 Å². The van der Waals surface area contributed by atoms with Gasteiger partial charge in [0.15, 0.2) is 0 Å². The third kappa shape index (κ3) is 18.9. The van der Waals surface area contributed by atoms with Crippen molar-refractivity contribution in [2.75, 3.05) is 0 Å². The van der Waals surface area contributed by atoms with Crippen molar-refractivity contribution >= 4 is 5.91 Å². The van der Waals surface area contributed by atoms with Gasteiger partial charge in [0.05, 0.1) is 0 Å². The molecule has 0 aromatic rings. The van der Waals surface area contributed by atoms with Crippen LogP contribution in [0.3, 0.4) is 0 Å². The molecule has 0 aliphatic rings. The van der Waals surface area contributed by atoms with Crippen molar-refractivity contribution < 1.29 is 4.79 Å². The van der Waals surface area contributed by atoms with E-state index in [9.17, 15) is 4.79 Å². The Morgan fingerprint density at radius 1 is 0.727 bits per heavy atom. The van der Waals surface area contributed by atoms with Crippen molar-refractivity contribution in [1.82, 2.24) is 0 Å². The molecule has 128 valence electrons. The molecule has 0 unspecified atom stereocenters. The molecule has 0 bridgehead atoms. The molecule has 0 atom stereocenters. The molecule has 0 fully saturated rings. The van der Waals surface area contributed by atoms with Crippen LogP contribution in [0.1, 0.15) is 96.8 Å². The van der Waals surface area contributed by atoms with Crippen LogP contribution in [0.5, 0.6) is 0 Å². The Bertz CT molecular complexity index is 294. The first-order valence-electron chi connectivity index (χ1n) is 9.37. The van der Waals surface area contributed by atoms with Crippen LogP contribution in [0.25, 0.3) is 0 Å². The number of primary amides is 1. The van der Waals surface area contributed by atoms with E-state index in [1.54, 1.807) is 0 Å². The van der Waals surface area contributed by atoms with E-state index in [1.165, 1.54) is 70.6 Å². The molecule has 0 aromatic heterocycles. The fraction of sp³-hybridized carbons (Fsp3) is 0.750. The second-order valence-corrected chi connectivity index (χ2v) is 6.19. The molecule has 0 saturated heterocycles. The number of carbonyl (C=O) groups is 1. The maximum Gasteiger partial charge on any atom is 0.217 e. The van der Waals surface area contributed by atoms with E-state index in [1.807, 2.05) is 0 Å². The monoisotopic (exact) mass is 307 g/mol. The number of allylic oxidation sites excluding steroid dienone is 4. The normalized spacial score (nSPS) is 11.7. The van der Waals surface area contributed by atoms with Gasteiger partial charge < -0.3 is 5.73 Å². The summed E-state index contributed by atoms with van der Waals surface area (Å²) in [7, 11) is 0. The van der Waals surface area contributed by atoms with E-state index < -0.39 is 0 Å². The van der Waals surface area contributed by atoms with Crippen molar-refractivity contribution in [2.45, 2.75) is 96.8 Å². The highest BCUT2D eigenvalue weighted by atomic mass is 16.1. The van der Waals surface area contributed by atoms with Gasteiger partial charge in [0.25, 0.3) is 0 Å². The van der Waals surface area contributed by atoms with Gasteiger partial charge >= 0.3 is 0 Å². The molecule has 0 saturated carbocycles. The van der Waals surface area contributed by atoms with Gasteiger partial charge in [-0.3, -0.25) is 4.79 Å². The number of amides is 1. The summed E-state index contributed by atoms with van der Waals surface area (Å²) < 4.78 is 0. The third-order valence-electron chi connectivity index (χ3n) is 3.90. The molecule has 22 heavy (non-hydrogen) atoms. The summed E-state index contributed by atoms with van der Waals surface area (Å²) in [4.78, 5) is 10.6. The summed E-state index contributed by atoms with van der Waals surface area (Å²) >= 11 is 0. The Morgan fingerprint density at radius 3 is 1.68 bits per heavy atom. The zero-order valence-electron chi connectivity index (χ0n) is 14.7. The highest BCUT2D eigenvalue weighted by Gasteiger charge is 1.94. The van der Waals surface area contributed by atoms with E-state index in [-0.39, 0.29) is 5.91 Å². The minimum atomic E-state index is -0.165. The molecular weight excluding hydrogens is 270 g/mol. The number of nitrogens with two attached hydrogens (primary N) is 1. The average molecular weight is 308 g/mol. The van der Waals surface area contributed by atoms with Crippen molar-refractivity contribution in [2.24, 2.45) is 5.73 Å². The van der Waals surface area contributed by atoms with Crippen LogP contribution in [0.4, 0.5) is 0 Å². The first-order chi connectivity index (χ1) is 10.8. The number of hydrogen-bond donors (Lipinski definition) is 1. The predicted octanol–water partition coefficient (Wildman–Crippen LogP) is 6.07. The Hall–Kier alpha value is -1.05. The van der Waals surface area contributed by atoms with Gasteiger partial charge in [-0.2, -0.15) is 0 Å². The molecule has 0 aliphatic carbocycles. The Labute approximate surface area is 138 Å². The molecule has 2 N–H and O–H groups in total. The summed E-state index contributed by atoms with van der Waals surface area (Å²) in [5.41, 5.74) is 5.11. The lowest BCUT2D eigenvalue weighted by Crippen LogP contribution is -2.09. The minimum absolute atomic E-state index is 0.165. The summed E-state index contributed by atoms with van der Waals surface area (Å²) in [6, 6.07) is 0. The van der Waals surface area contributed by atoms with Gasteiger partial charge in [-0.05, 0) is 32.1 Å². The zero-order valence-corrected chi connectivity index (χ0v) is 14.7. The maximum atomic E-state index is 10.6. The Morgan fingerprint density at radius 2 is 1.18 bits per heavy atom. The molecular formula is C20H37NO. The fourth-order valence-electron chi connectivity index (χ4n) is 2.48. The average Bonchev–Trinajstić information content (AvgIpc) is 2.50. The highest BCUT2D eigenvalue weighted by Crippen LogP contribution is 2.10. The summed E-state index contributed by atoms with van der Waals surface area (Å²) in [6.45, 7) is 2.25. The summed E-state index contributed by atoms with van der Waals surface area (Å²) in [5.74, 6) is -0.165. The first-order valence-corrected chi connectivity index (χ1v) is 9.37. The molecule has 0 heterocycles. The maximum absolute atomic E-state index is 10.6. The van der Waals surface area contributed by atoms with Crippen LogP contribution < -0.4 is 5.73 Å². The van der Waals surface area contributed by atoms with Gasteiger partial charge in [-0.15, -0.1) is 0 Å². The quantitative estimate of drug-likeness (QED) is 0.273. The molecule has 2 heteroatoms. The largest absolute Gasteiger partial charge is 0.370 e. The number of carbonyl (C=O) groups excluding carboxylic acids is 1. The second kappa shape index (κ2) is 18.0. The van der Waals surface area contributed by atoms with E-state index >= 15 is 0 Å². The molecule has 2 nitrogen and oxygen atoms in total. The Balaban J connectivity index is 3.17. The number of rotatable bonds is 16. The molecule has 0 rings (SSSR count). The molecule has 1 amide bonds. The summed E-state index contributed by atoms with van der Waals surface area (Å²) in [5, 5.41) is 0. The van der Waals surface area contributed by atoms with Gasteiger partial charge in [-0.25, -0.2) is 0 Å². The SMILES string of the molecule is CCCCCC/C=C/C=C\CCCCCCCCCC(N)=O. The van der Waals surface area contributed by atoms with Gasteiger partial charge in [0.1, 0.15) is 0 Å². The van der Waals surface area contributed by atoms with E-state index in [2.05, 4.69) is 31.2 Å². The molecule has 0 radical (unpaired) electrons. The fourth-order valence-corrected chi connectivity index (χ4v) is 2.48. The molecule has 0 spiro atoms. The van der Waals surface area contributed by atoms with Gasteiger partial charge in [0.2, 0.25) is 5.91 Å². The summed E-state index contributed by atoms with van der Waals surface area (Å²) in [6.07, 6.45) is 25.9. The zero-order chi connectivity index (χ0) is 16.3. The van der Waals surface area contributed by atoms with Crippen molar-refractivity contribution in [3.8, 4) is 0 Å². The first kappa shape index (κ1) is 20.9. The second-order valence-electron chi connectivity index (χ2n) is 6.19. The molecule has 0 aromatic carbocycles. The predicted molar refractivity (Wildman–Crippen MR) is 97.8 cm³/mol. The van der Waals surface area contributed by atoms with Crippen LogP contribution in [-0.2, 0) is 4.79 Å². The van der Waals surface area contributed by atoms with Crippen LogP contribution in [0.15, 0.2) is 24.3 Å². The Kier molecular flexibility index (Phi) is 17.1. The standard InChI is InChI=1S/C20H37NO/c1-2-3-4-5-6-7-8-9-10-11-12-13-14-15-16-17-18-19-20(21)22/h7-10H,2-6,11-19H2,1H3,(H2,21,22)/b8-7+,10-9-. The van der Waals surface area contributed by atoms with E-state index in [4.69, 9.17) is 5.73 Å². The molecule has 0 aliphatic heterocycles. The van der Waals surface area contributed by atoms with Crippen LogP contribution in [0.2, 0.25) is 0 Å². The highest BCUT2D eigenvalue weighted by molar-refractivity contribution is 5.73. The van der Waals surface area contributed by atoms with Crippen LogP contribution in [0, 0.1) is 0 Å². The number of unbranched alkanes of at least 4 members (excludes halogenated alkanes) is 11. The lowest BCUT2D eigenvalue weighted by atomic mass is 10.1. The lowest BCUT2D eigenvalue weighted by molar-refractivity contribution is -0.118. The lowest BCUT2D eigenvalue weighted by Gasteiger charge is -2.00. The van der Waals surface area contributed by atoms with Gasteiger partial charge in [-0.1, -0.05) is 82.6 Å².